The number of hydrogen-bond acceptors (Lipinski definition) is 3. The molecular formula is C11H13F3N4. The summed E-state index contributed by atoms with van der Waals surface area (Å²) >= 11 is 0. The number of halogens is 3. The van der Waals surface area contributed by atoms with Crippen LogP contribution in [0.15, 0.2) is 6.20 Å². The van der Waals surface area contributed by atoms with E-state index in [2.05, 4.69) is 15.1 Å². The number of aromatic nitrogens is 4. The van der Waals surface area contributed by atoms with Crippen molar-refractivity contribution in [3.8, 4) is 0 Å². The molecule has 0 atom stereocenters. The smallest absolute Gasteiger partial charge is 0.249 e. The zero-order valence-corrected chi connectivity index (χ0v) is 10.3. The lowest BCUT2D eigenvalue weighted by molar-refractivity contribution is -0.141. The Kier molecular flexibility index (Phi) is 3.00. The highest BCUT2D eigenvalue weighted by molar-refractivity contribution is 5.73. The van der Waals surface area contributed by atoms with Crippen molar-refractivity contribution >= 4 is 11.2 Å². The van der Waals surface area contributed by atoms with Crippen molar-refractivity contribution < 1.29 is 13.2 Å². The number of fused-ring (bicyclic) bond motifs is 1. The number of rotatable bonds is 2. The van der Waals surface area contributed by atoms with Crippen LogP contribution in [0.1, 0.15) is 31.2 Å². The van der Waals surface area contributed by atoms with Crippen LogP contribution in [0.4, 0.5) is 13.2 Å². The molecule has 18 heavy (non-hydrogen) atoms. The van der Waals surface area contributed by atoms with E-state index in [1.165, 1.54) is 0 Å². The van der Waals surface area contributed by atoms with Gasteiger partial charge in [-0.2, -0.15) is 18.3 Å². The van der Waals surface area contributed by atoms with Gasteiger partial charge in [-0.15, -0.1) is 0 Å². The van der Waals surface area contributed by atoms with E-state index in [1.807, 2.05) is 13.8 Å². The molecule has 0 amide bonds. The molecular weight excluding hydrogens is 245 g/mol. The lowest BCUT2D eigenvalue weighted by Crippen LogP contribution is -2.19. The average molecular weight is 258 g/mol. The van der Waals surface area contributed by atoms with Crippen molar-refractivity contribution in [2.45, 2.75) is 39.4 Å². The molecule has 4 nitrogen and oxygen atoms in total. The fourth-order valence-electron chi connectivity index (χ4n) is 1.66. The molecule has 2 heterocycles. The van der Waals surface area contributed by atoms with E-state index < -0.39 is 12.7 Å². The van der Waals surface area contributed by atoms with Gasteiger partial charge < -0.3 is 0 Å². The van der Waals surface area contributed by atoms with E-state index in [9.17, 15) is 13.2 Å². The average Bonchev–Trinajstić information content (AvgIpc) is 2.53. The summed E-state index contributed by atoms with van der Waals surface area (Å²) in [5.74, 6) is 0.108. The second-order valence-corrected chi connectivity index (χ2v) is 4.48. The summed E-state index contributed by atoms with van der Waals surface area (Å²) < 4.78 is 38.2. The lowest BCUT2D eigenvalue weighted by atomic mass is 10.1. The van der Waals surface area contributed by atoms with Crippen LogP contribution >= 0.6 is 0 Å². The maximum atomic E-state index is 12.4. The van der Waals surface area contributed by atoms with E-state index >= 15 is 0 Å². The predicted octanol–water partition coefficient (Wildman–Crippen LogP) is 2.82. The molecule has 2 aromatic heterocycles. The van der Waals surface area contributed by atoms with Crippen LogP contribution in [0, 0.1) is 6.92 Å². The third-order valence-electron chi connectivity index (χ3n) is 2.55. The summed E-state index contributed by atoms with van der Waals surface area (Å²) in [5, 5.41) is 3.85. The first-order valence-corrected chi connectivity index (χ1v) is 5.55. The highest BCUT2D eigenvalue weighted by atomic mass is 19.4. The van der Waals surface area contributed by atoms with E-state index in [-0.39, 0.29) is 11.6 Å². The van der Waals surface area contributed by atoms with Crippen molar-refractivity contribution in [3.63, 3.8) is 0 Å². The van der Waals surface area contributed by atoms with E-state index in [0.717, 1.165) is 4.68 Å². The summed E-state index contributed by atoms with van der Waals surface area (Å²) in [7, 11) is 0. The van der Waals surface area contributed by atoms with Gasteiger partial charge in [0, 0.05) is 6.20 Å². The zero-order chi connectivity index (χ0) is 13.5. The van der Waals surface area contributed by atoms with Crippen LogP contribution in [0.2, 0.25) is 0 Å². The molecule has 98 valence electrons. The Morgan fingerprint density at radius 3 is 2.56 bits per heavy atom. The van der Waals surface area contributed by atoms with E-state index in [4.69, 9.17) is 0 Å². The minimum atomic E-state index is -4.32. The Labute approximate surface area is 102 Å². The maximum Gasteiger partial charge on any atom is 0.408 e. The van der Waals surface area contributed by atoms with Gasteiger partial charge in [-0.05, 0) is 12.8 Å². The Bertz CT molecular complexity index is 571. The molecule has 0 spiro atoms. The fraction of sp³-hybridized carbons (Fsp3) is 0.545. The van der Waals surface area contributed by atoms with Crippen LogP contribution < -0.4 is 0 Å². The predicted molar refractivity (Wildman–Crippen MR) is 60.2 cm³/mol. The van der Waals surface area contributed by atoms with Gasteiger partial charge in [0.15, 0.2) is 5.65 Å². The van der Waals surface area contributed by atoms with Crippen LogP contribution in [-0.2, 0) is 6.54 Å². The monoisotopic (exact) mass is 258 g/mol. The second-order valence-electron chi connectivity index (χ2n) is 4.48. The van der Waals surface area contributed by atoms with Gasteiger partial charge in [-0.25, -0.2) is 14.6 Å². The highest BCUT2D eigenvalue weighted by Gasteiger charge is 2.30. The molecule has 2 rings (SSSR count). The molecule has 0 radical (unpaired) electrons. The van der Waals surface area contributed by atoms with Gasteiger partial charge in [-0.1, -0.05) is 13.8 Å². The van der Waals surface area contributed by atoms with Gasteiger partial charge in [-0.3, -0.25) is 0 Å². The fourth-order valence-corrected chi connectivity index (χ4v) is 1.66. The largest absolute Gasteiger partial charge is 0.408 e. The maximum absolute atomic E-state index is 12.4. The number of aryl methyl sites for hydroxylation is 1. The lowest BCUT2D eigenvalue weighted by Gasteiger charge is -2.08. The SMILES string of the molecule is Cc1nn(CC(F)(F)F)c2nc(C(C)C)cnc12. The minimum Gasteiger partial charge on any atom is -0.249 e. The molecule has 0 bridgehead atoms. The van der Waals surface area contributed by atoms with Gasteiger partial charge in [0.25, 0.3) is 0 Å². The van der Waals surface area contributed by atoms with Crippen LogP contribution in [-0.4, -0.2) is 25.9 Å². The molecule has 0 aliphatic carbocycles. The molecule has 0 aromatic carbocycles. The quantitative estimate of drug-likeness (QED) is 0.832. The molecule has 0 N–H and O–H groups in total. The summed E-state index contributed by atoms with van der Waals surface area (Å²) in [6.07, 6.45) is -2.74. The summed E-state index contributed by atoms with van der Waals surface area (Å²) in [5.41, 5.74) is 1.72. The van der Waals surface area contributed by atoms with Crippen molar-refractivity contribution in [3.05, 3.63) is 17.6 Å². The van der Waals surface area contributed by atoms with Gasteiger partial charge in [0.2, 0.25) is 0 Å². The Morgan fingerprint density at radius 1 is 1.33 bits per heavy atom. The Hall–Kier alpha value is -1.66. The minimum absolute atomic E-state index is 0.108. The zero-order valence-electron chi connectivity index (χ0n) is 10.3. The highest BCUT2D eigenvalue weighted by Crippen LogP contribution is 2.22. The first kappa shape index (κ1) is 12.8. The third-order valence-corrected chi connectivity index (χ3v) is 2.55. The van der Waals surface area contributed by atoms with Crippen LogP contribution in [0.3, 0.4) is 0 Å². The first-order valence-electron chi connectivity index (χ1n) is 5.55. The summed E-state index contributed by atoms with van der Waals surface area (Å²) in [4.78, 5) is 8.36. The van der Waals surface area contributed by atoms with Crippen molar-refractivity contribution in [2.75, 3.05) is 0 Å². The van der Waals surface area contributed by atoms with Crippen molar-refractivity contribution in [1.82, 2.24) is 19.7 Å². The molecule has 0 saturated heterocycles. The van der Waals surface area contributed by atoms with E-state index in [1.54, 1.807) is 13.1 Å². The van der Waals surface area contributed by atoms with Crippen molar-refractivity contribution in [2.24, 2.45) is 0 Å². The molecule has 7 heteroatoms. The number of hydrogen-bond donors (Lipinski definition) is 0. The molecule has 2 aromatic rings. The van der Waals surface area contributed by atoms with Gasteiger partial charge >= 0.3 is 6.18 Å². The first-order chi connectivity index (χ1) is 8.28. The molecule has 0 saturated carbocycles. The Morgan fingerprint density at radius 2 is 2.00 bits per heavy atom. The van der Waals surface area contributed by atoms with Gasteiger partial charge in [0.05, 0.1) is 11.4 Å². The van der Waals surface area contributed by atoms with Crippen molar-refractivity contribution in [1.29, 1.82) is 0 Å². The molecule has 0 aliphatic rings. The number of nitrogens with zero attached hydrogens (tertiary/aromatic N) is 4. The molecule has 0 fully saturated rings. The normalized spacial score (nSPS) is 12.6. The van der Waals surface area contributed by atoms with Crippen LogP contribution in [0.5, 0.6) is 0 Å². The third kappa shape index (κ3) is 2.44. The standard InChI is InChI=1S/C11H13F3N4/c1-6(2)8-4-15-9-7(3)17-18(10(9)16-8)5-11(12,13)14/h4,6H,5H2,1-3H3. The second kappa shape index (κ2) is 4.22. The van der Waals surface area contributed by atoms with E-state index in [0.29, 0.717) is 16.9 Å². The number of alkyl halides is 3. The van der Waals surface area contributed by atoms with Crippen LogP contribution in [0.25, 0.3) is 11.2 Å². The molecule has 0 aliphatic heterocycles. The topological polar surface area (TPSA) is 43.6 Å². The Balaban J connectivity index is 2.56. The molecule has 0 unspecified atom stereocenters. The van der Waals surface area contributed by atoms with Gasteiger partial charge in [0.1, 0.15) is 12.1 Å². The summed E-state index contributed by atoms with van der Waals surface area (Å²) in [6.45, 7) is 4.30. The summed E-state index contributed by atoms with van der Waals surface area (Å²) in [6, 6.07) is 0.